The van der Waals surface area contributed by atoms with E-state index in [1.54, 1.807) is 24.3 Å². The molecule has 0 saturated carbocycles. The van der Waals surface area contributed by atoms with E-state index >= 15 is 0 Å². The summed E-state index contributed by atoms with van der Waals surface area (Å²) in [5, 5.41) is 0.840. The first kappa shape index (κ1) is 14.4. The first-order valence-electron chi connectivity index (χ1n) is 5.18. The van der Waals surface area contributed by atoms with Crippen LogP contribution in [0.25, 0.3) is 11.1 Å². The number of alkyl halides is 2. The molecule has 6 heteroatoms. The van der Waals surface area contributed by atoms with Gasteiger partial charge in [0.05, 0.1) is 15.1 Å². The zero-order valence-corrected chi connectivity index (χ0v) is 11.6. The molecule has 0 unspecified atom stereocenters. The molecule has 0 amide bonds. The van der Waals surface area contributed by atoms with Crippen molar-refractivity contribution in [3.63, 3.8) is 0 Å². The van der Waals surface area contributed by atoms with Crippen molar-refractivity contribution in [1.82, 2.24) is 0 Å². The molecule has 0 N–H and O–H groups in total. The Morgan fingerprint density at radius 3 is 1.79 bits per heavy atom. The lowest BCUT2D eigenvalue weighted by Gasteiger charge is -2.14. The van der Waals surface area contributed by atoms with E-state index in [1.807, 2.05) is 0 Å². The van der Waals surface area contributed by atoms with Crippen LogP contribution >= 0.6 is 34.8 Å². The second-order valence-corrected chi connectivity index (χ2v) is 4.81. The molecule has 0 aliphatic carbocycles. The first-order valence-corrected chi connectivity index (χ1v) is 6.32. The fourth-order valence-electron chi connectivity index (χ4n) is 1.68. The van der Waals surface area contributed by atoms with Crippen LogP contribution in [0, 0.1) is 0 Å². The van der Waals surface area contributed by atoms with E-state index in [0.717, 1.165) is 0 Å². The van der Waals surface area contributed by atoms with Crippen molar-refractivity contribution < 1.29 is 13.5 Å². The molecule has 2 rings (SSSR count). The van der Waals surface area contributed by atoms with Gasteiger partial charge in [-0.15, -0.1) is 0 Å². The van der Waals surface area contributed by atoms with Gasteiger partial charge in [0.1, 0.15) is 5.75 Å². The molecule has 2 aromatic carbocycles. The third-order valence-corrected chi connectivity index (χ3v) is 3.35. The van der Waals surface area contributed by atoms with Crippen LogP contribution in [0.4, 0.5) is 8.78 Å². The van der Waals surface area contributed by atoms with Crippen LogP contribution in [0.15, 0.2) is 36.4 Å². The van der Waals surface area contributed by atoms with Gasteiger partial charge in [-0.3, -0.25) is 0 Å². The molecule has 2 aromatic rings. The van der Waals surface area contributed by atoms with Gasteiger partial charge in [0.25, 0.3) is 0 Å². The molecule has 0 aliphatic rings. The third-order valence-electron chi connectivity index (χ3n) is 2.40. The highest BCUT2D eigenvalue weighted by Crippen LogP contribution is 2.43. The Morgan fingerprint density at radius 1 is 0.789 bits per heavy atom. The minimum absolute atomic E-state index is 0.0718. The fourth-order valence-corrected chi connectivity index (χ4v) is 2.52. The minimum Gasteiger partial charge on any atom is -0.434 e. The molecule has 0 saturated heterocycles. The highest BCUT2D eigenvalue weighted by Gasteiger charge is 2.18. The molecule has 0 atom stereocenters. The van der Waals surface area contributed by atoms with Crippen LogP contribution in [0.1, 0.15) is 0 Å². The largest absolute Gasteiger partial charge is 0.434 e. The molecular formula is C13H7Cl3F2O. The quantitative estimate of drug-likeness (QED) is 0.681. The molecule has 1 nitrogen and oxygen atoms in total. The number of ether oxygens (including phenoxy) is 1. The summed E-state index contributed by atoms with van der Waals surface area (Å²) in [7, 11) is 0. The molecule has 19 heavy (non-hydrogen) atoms. The monoisotopic (exact) mass is 322 g/mol. The van der Waals surface area contributed by atoms with Gasteiger partial charge in [-0.25, -0.2) is 0 Å². The van der Waals surface area contributed by atoms with Crippen LogP contribution in [0.5, 0.6) is 5.75 Å². The second kappa shape index (κ2) is 5.95. The standard InChI is InChI=1S/C13H7Cl3F2O/c14-7-3-1-4-8(15)11(7)12-9(16)5-2-6-10(12)19-13(17)18/h1-6,13H. The van der Waals surface area contributed by atoms with Gasteiger partial charge in [-0.2, -0.15) is 8.78 Å². The predicted molar refractivity (Wildman–Crippen MR) is 73.5 cm³/mol. The van der Waals surface area contributed by atoms with Crippen molar-refractivity contribution in [2.24, 2.45) is 0 Å². The predicted octanol–water partition coefficient (Wildman–Crippen LogP) is 5.92. The van der Waals surface area contributed by atoms with E-state index in [4.69, 9.17) is 34.8 Å². The zero-order chi connectivity index (χ0) is 14.0. The van der Waals surface area contributed by atoms with Crippen LogP contribution < -0.4 is 4.74 Å². The number of hydrogen-bond donors (Lipinski definition) is 0. The lowest BCUT2D eigenvalue weighted by atomic mass is 10.0. The van der Waals surface area contributed by atoms with Crippen LogP contribution in [0.3, 0.4) is 0 Å². The molecular weight excluding hydrogens is 316 g/mol. The second-order valence-electron chi connectivity index (χ2n) is 3.59. The highest BCUT2D eigenvalue weighted by molar-refractivity contribution is 6.41. The summed E-state index contributed by atoms with van der Waals surface area (Å²) in [6, 6.07) is 9.28. The topological polar surface area (TPSA) is 9.23 Å². The number of halogens is 5. The molecule has 0 radical (unpaired) electrons. The minimum atomic E-state index is -2.96. The zero-order valence-electron chi connectivity index (χ0n) is 9.34. The molecule has 0 aliphatic heterocycles. The summed E-state index contributed by atoms with van der Waals surface area (Å²) >= 11 is 18.2. The lowest BCUT2D eigenvalue weighted by molar-refractivity contribution is -0.0494. The Kier molecular flexibility index (Phi) is 4.50. The van der Waals surface area contributed by atoms with E-state index in [-0.39, 0.29) is 16.3 Å². The first-order chi connectivity index (χ1) is 9.00. The Hall–Kier alpha value is -1.03. The average molecular weight is 324 g/mol. The maximum Gasteiger partial charge on any atom is 0.387 e. The number of rotatable bonds is 3. The smallest absolute Gasteiger partial charge is 0.387 e. The molecule has 0 spiro atoms. The summed E-state index contributed by atoms with van der Waals surface area (Å²) in [5.74, 6) is -0.0718. The fraction of sp³-hybridized carbons (Fsp3) is 0.0769. The number of benzene rings is 2. The normalized spacial score (nSPS) is 10.8. The van der Waals surface area contributed by atoms with Crippen molar-refractivity contribution >= 4 is 34.8 Å². The van der Waals surface area contributed by atoms with Gasteiger partial charge in [0.15, 0.2) is 0 Å². The van der Waals surface area contributed by atoms with Crippen LogP contribution in [-0.2, 0) is 0 Å². The van der Waals surface area contributed by atoms with Crippen molar-refractivity contribution in [1.29, 1.82) is 0 Å². The molecule has 0 heterocycles. The maximum absolute atomic E-state index is 12.4. The summed E-state index contributed by atoms with van der Waals surface area (Å²) < 4.78 is 29.3. The van der Waals surface area contributed by atoms with E-state index in [1.165, 1.54) is 12.1 Å². The molecule has 0 bridgehead atoms. The van der Waals surface area contributed by atoms with Crippen LogP contribution in [-0.4, -0.2) is 6.61 Å². The van der Waals surface area contributed by atoms with Crippen molar-refractivity contribution in [2.75, 3.05) is 0 Å². The molecule has 100 valence electrons. The van der Waals surface area contributed by atoms with Gasteiger partial charge in [0.2, 0.25) is 0 Å². The van der Waals surface area contributed by atoms with Crippen LogP contribution in [0.2, 0.25) is 15.1 Å². The lowest BCUT2D eigenvalue weighted by Crippen LogP contribution is -2.03. The maximum atomic E-state index is 12.4. The Labute approximate surface area is 123 Å². The Bertz CT molecular complexity index is 582. The summed E-state index contributed by atoms with van der Waals surface area (Å²) in [4.78, 5) is 0. The Morgan fingerprint density at radius 2 is 1.26 bits per heavy atom. The van der Waals surface area contributed by atoms with Gasteiger partial charge >= 0.3 is 6.61 Å². The SMILES string of the molecule is FC(F)Oc1cccc(Cl)c1-c1c(Cl)cccc1Cl. The highest BCUT2D eigenvalue weighted by atomic mass is 35.5. The van der Waals surface area contributed by atoms with E-state index < -0.39 is 6.61 Å². The van der Waals surface area contributed by atoms with E-state index in [0.29, 0.717) is 15.6 Å². The summed E-state index contributed by atoms with van der Waals surface area (Å²) in [5.41, 5.74) is 0.618. The van der Waals surface area contributed by atoms with Gasteiger partial charge in [-0.1, -0.05) is 46.9 Å². The summed E-state index contributed by atoms with van der Waals surface area (Å²) in [6.07, 6.45) is 0. The third kappa shape index (κ3) is 3.11. The van der Waals surface area contributed by atoms with E-state index in [9.17, 15) is 8.78 Å². The van der Waals surface area contributed by atoms with Gasteiger partial charge in [0, 0.05) is 11.1 Å². The summed E-state index contributed by atoms with van der Waals surface area (Å²) in [6.45, 7) is -2.96. The number of hydrogen-bond acceptors (Lipinski definition) is 1. The van der Waals surface area contributed by atoms with Crippen molar-refractivity contribution in [2.45, 2.75) is 6.61 Å². The Balaban J connectivity index is 2.67. The van der Waals surface area contributed by atoms with Gasteiger partial charge in [-0.05, 0) is 24.3 Å². The van der Waals surface area contributed by atoms with E-state index in [2.05, 4.69) is 4.74 Å². The van der Waals surface area contributed by atoms with Crippen molar-refractivity contribution in [3.05, 3.63) is 51.5 Å². The molecule has 0 aromatic heterocycles. The van der Waals surface area contributed by atoms with Gasteiger partial charge < -0.3 is 4.74 Å². The average Bonchev–Trinajstić information content (AvgIpc) is 2.31. The van der Waals surface area contributed by atoms with Crippen molar-refractivity contribution in [3.8, 4) is 16.9 Å². The molecule has 0 fully saturated rings.